The summed E-state index contributed by atoms with van der Waals surface area (Å²) < 4.78 is 24.0. The first-order valence-corrected chi connectivity index (χ1v) is 20.6. The third-order valence-corrected chi connectivity index (χ3v) is 16.8. The standard InChI is InChI=1S/C42H68O13/c1-21-29(47)31(49)32(50)35(52-21)55-34-30(48)24(18-43)53-36(33(34)51)54-28-11-12-38(4)25(39(28,5)19-44)10-13-40(6)26(38)9-8-22-23-16-37(2,3)14-15-42(23,20-45)27(46)17-41(22,40)7/h8-9,21,24-36,43-51H,10-20H2,1-7H3/t21-,24+,25-,26-,27+,28-,29+,30-,31+,32+,33+,34-,35-,36-,38-,39+,40+,41+,42+/m1/s1. The number of ether oxygens (including phenoxy) is 4. The first-order valence-electron chi connectivity index (χ1n) is 20.6. The Morgan fingerprint density at radius 2 is 1.44 bits per heavy atom. The second-order valence-corrected chi connectivity index (χ2v) is 20.3. The summed E-state index contributed by atoms with van der Waals surface area (Å²) in [5, 5.41) is 98.1. The Labute approximate surface area is 325 Å². The van der Waals surface area contributed by atoms with E-state index in [1.165, 1.54) is 18.1 Å². The van der Waals surface area contributed by atoms with Crippen molar-refractivity contribution in [1.29, 1.82) is 0 Å². The molecule has 13 nitrogen and oxygen atoms in total. The van der Waals surface area contributed by atoms with Crippen LogP contribution in [0.3, 0.4) is 0 Å². The molecule has 0 aromatic heterocycles. The van der Waals surface area contributed by atoms with E-state index < -0.39 is 91.1 Å². The van der Waals surface area contributed by atoms with Crippen molar-refractivity contribution in [3.05, 3.63) is 23.3 Å². The molecule has 5 fully saturated rings. The van der Waals surface area contributed by atoms with E-state index in [1.54, 1.807) is 0 Å². The number of hydrogen-bond acceptors (Lipinski definition) is 13. The molecule has 0 bridgehead atoms. The van der Waals surface area contributed by atoms with Crippen LogP contribution in [0.1, 0.15) is 99.8 Å². The minimum atomic E-state index is -1.68. The summed E-state index contributed by atoms with van der Waals surface area (Å²) in [6, 6.07) is 0. The first kappa shape index (κ1) is 42.1. The predicted molar refractivity (Wildman–Crippen MR) is 199 cm³/mol. The van der Waals surface area contributed by atoms with Gasteiger partial charge in [0.2, 0.25) is 0 Å². The average molecular weight is 781 g/mol. The van der Waals surface area contributed by atoms with Crippen LogP contribution in [0.4, 0.5) is 0 Å². The second kappa shape index (κ2) is 14.3. The van der Waals surface area contributed by atoms with Crippen molar-refractivity contribution in [2.75, 3.05) is 19.8 Å². The Hall–Kier alpha value is -1.04. The summed E-state index contributed by atoms with van der Waals surface area (Å²) in [4.78, 5) is 0. The van der Waals surface area contributed by atoms with Crippen LogP contribution in [0.15, 0.2) is 23.3 Å². The number of aliphatic hydroxyl groups is 9. The maximum Gasteiger partial charge on any atom is 0.187 e. The van der Waals surface area contributed by atoms with Crippen LogP contribution in [-0.4, -0.2) is 139 Å². The fourth-order valence-electron chi connectivity index (χ4n) is 13.0. The van der Waals surface area contributed by atoms with Crippen LogP contribution in [-0.2, 0) is 18.9 Å². The number of allylic oxidation sites excluding steroid dienone is 3. The number of rotatable bonds is 7. The van der Waals surface area contributed by atoms with Gasteiger partial charge in [0.15, 0.2) is 12.6 Å². The van der Waals surface area contributed by atoms with Gasteiger partial charge in [-0.05, 0) is 91.9 Å². The van der Waals surface area contributed by atoms with Crippen molar-refractivity contribution in [1.82, 2.24) is 0 Å². The van der Waals surface area contributed by atoms with E-state index in [2.05, 4.69) is 46.8 Å². The Kier molecular flexibility index (Phi) is 11.0. The van der Waals surface area contributed by atoms with Crippen LogP contribution in [0.25, 0.3) is 0 Å². The van der Waals surface area contributed by atoms with Gasteiger partial charge in [0.05, 0.1) is 38.1 Å². The third-order valence-electron chi connectivity index (χ3n) is 16.8. The smallest absolute Gasteiger partial charge is 0.187 e. The number of aliphatic hydroxyl groups excluding tert-OH is 9. The van der Waals surface area contributed by atoms with Crippen molar-refractivity contribution in [2.24, 2.45) is 44.3 Å². The zero-order chi connectivity index (χ0) is 40.3. The largest absolute Gasteiger partial charge is 0.396 e. The molecule has 0 unspecified atom stereocenters. The van der Waals surface area contributed by atoms with Crippen molar-refractivity contribution in [3.8, 4) is 0 Å². The molecule has 7 aliphatic rings. The van der Waals surface area contributed by atoms with E-state index in [9.17, 15) is 46.0 Å². The van der Waals surface area contributed by atoms with Gasteiger partial charge in [-0.2, -0.15) is 0 Å². The van der Waals surface area contributed by atoms with Crippen molar-refractivity contribution in [2.45, 2.75) is 173 Å². The maximum atomic E-state index is 12.0. The molecule has 3 saturated carbocycles. The van der Waals surface area contributed by atoms with Crippen LogP contribution < -0.4 is 0 Å². The van der Waals surface area contributed by atoms with Gasteiger partial charge in [0.25, 0.3) is 0 Å². The summed E-state index contributed by atoms with van der Waals surface area (Å²) in [5.74, 6) is 0.113. The van der Waals surface area contributed by atoms with Gasteiger partial charge < -0.3 is 64.9 Å². The summed E-state index contributed by atoms with van der Waals surface area (Å²) in [7, 11) is 0. The van der Waals surface area contributed by atoms with E-state index in [0.717, 1.165) is 38.5 Å². The van der Waals surface area contributed by atoms with E-state index in [0.29, 0.717) is 12.8 Å². The Bertz CT molecular complexity index is 1500. The summed E-state index contributed by atoms with van der Waals surface area (Å²) in [5.41, 5.74) is 0.374. The molecule has 5 aliphatic carbocycles. The van der Waals surface area contributed by atoms with E-state index in [-0.39, 0.29) is 46.7 Å². The lowest BCUT2D eigenvalue weighted by Crippen LogP contribution is -2.67. The monoisotopic (exact) mass is 780 g/mol. The molecule has 0 spiro atoms. The molecular weight excluding hydrogens is 712 g/mol. The van der Waals surface area contributed by atoms with Gasteiger partial charge in [-0.3, -0.25) is 0 Å². The van der Waals surface area contributed by atoms with Crippen LogP contribution >= 0.6 is 0 Å². The van der Waals surface area contributed by atoms with Gasteiger partial charge in [-0.1, -0.05) is 59.3 Å². The Morgan fingerprint density at radius 1 is 0.745 bits per heavy atom. The van der Waals surface area contributed by atoms with Gasteiger partial charge in [-0.25, -0.2) is 0 Å². The fraction of sp³-hybridized carbons (Fsp3) is 0.905. The SMILES string of the molecule is C[C@H]1O[C@H](O[C@H]2[C@H](O)[C@@H](O[C@@H]3CC[C@]4(C)[C@@H](CC[C@@]5(C)[C@@H]4C=CC4=C6CC(C)(C)CC[C@@]6(CO)[C@@H](O)C[C@@]45C)[C@]3(C)CO)O[C@@H](CO)[C@H]2O)[C@@H](O)[C@@H](O)[C@H]1O. The molecule has 0 amide bonds. The number of fused-ring (bicyclic) bond motifs is 6. The molecule has 7 rings (SSSR count). The molecule has 0 aromatic rings. The molecule has 2 saturated heterocycles. The normalized spacial score (nSPS) is 54.9. The zero-order valence-electron chi connectivity index (χ0n) is 33.7. The zero-order valence-corrected chi connectivity index (χ0v) is 33.7. The van der Waals surface area contributed by atoms with E-state index >= 15 is 0 Å². The van der Waals surface area contributed by atoms with Crippen molar-refractivity contribution in [3.63, 3.8) is 0 Å². The Balaban J connectivity index is 1.16. The average Bonchev–Trinajstić information content (AvgIpc) is 3.13. The molecule has 9 N–H and O–H groups in total. The lowest BCUT2D eigenvalue weighted by atomic mass is 9.35. The molecule has 13 heteroatoms. The highest BCUT2D eigenvalue weighted by Crippen LogP contribution is 2.74. The Morgan fingerprint density at radius 3 is 2.09 bits per heavy atom. The molecule has 0 aromatic carbocycles. The predicted octanol–water partition coefficient (Wildman–Crippen LogP) is 1.68. The lowest BCUT2D eigenvalue weighted by Gasteiger charge is -2.70. The van der Waals surface area contributed by atoms with Gasteiger partial charge >= 0.3 is 0 Å². The quantitative estimate of drug-likeness (QED) is 0.168. The molecule has 0 radical (unpaired) electrons. The molecule has 2 heterocycles. The van der Waals surface area contributed by atoms with Gasteiger partial charge in [0, 0.05) is 16.2 Å². The minimum absolute atomic E-state index is 0.00450. The van der Waals surface area contributed by atoms with E-state index in [1.807, 2.05) is 6.92 Å². The lowest BCUT2D eigenvalue weighted by molar-refractivity contribution is -0.368. The molecule has 19 atom stereocenters. The highest BCUT2D eigenvalue weighted by Gasteiger charge is 2.69. The van der Waals surface area contributed by atoms with Crippen LogP contribution in [0, 0.1) is 44.3 Å². The topological polar surface area (TPSA) is 219 Å². The maximum absolute atomic E-state index is 12.0. The fourth-order valence-corrected chi connectivity index (χ4v) is 13.0. The summed E-state index contributed by atoms with van der Waals surface area (Å²) in [6.07, 6.45) is -4.80. The minimum Gasteiger partial charge on any atom is -0.396 e. The third kappa shape index (κ3) is 6.12. The highest BCUT2D eigenvalue weighted by molar-refractivity contribution is 5.47. The van der Waals surface area contributed by atoms with Crippen molar-refractivity contribution >= 4 is 0 Å². The molecule has 314 valence electrons. The van der Waals surface area contributed by atoms with E-state index in [4.69, 9.17) is 18.9 Å². The summed E-state index contributed by atoms with van der Waals surface area (Å²) in [6.45, 7) is 14.2. The highest BCUT2D eigenvalue weighted by atomic mass is 16.7. The summed E-state index contributed by atoms with van der Waals surface area (Å²) >= 11 is 0. The second-order valence-electron chi connectivity index (χ2n) is 20.3. The van der Waals surface area contributed by atoms with Crippen molar-refractivity contribution < 1.29 is 64.9 Å². The van der Waals surface area contributed by atoms with Crippen LogP contribution in [0.2, 0.25) is 0 Å². The molecular formula is C42H68O13. The molecule has 2 aliphatic heterocycles. The van der Waals surface area contributed by atoms with Gasteiger partial charge in [-0.15, -0.1) is 0 Å². The molecule has 55 heavy (non-hydrogen) atoms. The van der Waals surface area contributed by atoms with Gasteiger partial charge in [0.1, 0.15) is 42.7 Å². The van der Waals surface area contributed by atoms with Crippen LogP contribution in [0.5, 0.6) is 0 Å². The number of hydrogen-bond donors (Lipinski definition) is 9. The first-order chi connectivity index (χ1) is 25.7.